The molecule has 1 saturated heterocycles. The highest BCUT2D eigenvalue weighted by atomic mass is 32.1. The van der Waals surface area contributed by atoms with Crippen molar-refractivity contribution in [1.82, 2.24) is 15.3 Å². The molecule has 0 aliphatic carbocycles. The third-order valence-corrected chi connectivity index (χ3v) is 5.35. The second-order valence-electron chi connectivity index (χ2n) is 6.18. The van der Waals surface area contributed by atoms with E-state index < -0.39 is 0 Å². The molecule has 3 heterocycles. The highest BCUT2D eigenvalue weighted by Crippen LogP contribution is 2.27. The summed E-state index contributed by atoms with van der Waals surface area (Å²) in [7, 11) is 0. The monoisotopic (exact) mass is 374 g/mol. The van der Waals surface area contributed by atoms with Crippen LogP contribution in [0.4, 0.5) is 5.13 Å². The van der Waals surface area contributed by atoms with Crippen LogP contribution in [-0.4, -0.2) is 41.0 Å². The molecule has 26 heavy (non-hydrogen) atoms. The molecule has 0 saturated carbocycles. The molecule has 1 atom stereocenters. The third-order valence-electron chi connectivity index (χ3n) is 4.17. The SMILES string of the molecule is CC(=O)N(C[C@@H]1CCCO1)c1nc(C)c(C(=O)NCc2ccccn2)s1. The number of anilines is 1. The Bertz CT molecular complexity index is 772. The molecule has 0 radical (unpaired) electrons. The molecule has 7 nitrogen and oxygen atoms in total. The minimum Gasteiger partial charge on any atom is -0.376 e. The first kappa shape index (κ1) is 18.5. The van der Waals surface area contributed by atoms with E-state index in [1.54, 1.807) is 18.0 Å². The van der Waals surface area contributed by atoms with E-state index in [2.05, 4.69) is 15.3 Å². The lowest BCUT2D eigenvalue weighted by atomic mass is 10.2. The van der Waals surface area contributed by atoms with E-state index in [1.165, 1.54) is 18.3 Å². The number of thiazole rings is 1. The van der Waals surface area contributed by atoms with Crippen LogP contribution in [0.3, 0.4) is 0 Å². The Labute approximate surface area is 156 Å². The summed E-state index contributed by atoms with van der Waals surface area (Å²) in [5.74, 6) is -0.313. The van der Waals surface area contributed by atoms with Crippen LogP contribution in [0.1, 0.15) is 40.8 Å². The Morgan fingerprint density at radius 3 is 2.92 bits per heavy atom. The van der Waals surface area contributed by atoms with Crippen LogP contribution in [0.15, 0.2) is 24.4 Å². The molecule has 0 bridgehead atoms. The van der Waals surface area contributed by atoms with Gasteiger partial charge in [-0.3, -0.25) is 19.5 Å². The van der Waals surface area contributed by atoms with Crippen LogP contribution in [0, 0.1) is 6.92 Å². The summed E-state index contributed by atoms with van der Waals surface area (Å²) >= 11 is 1.23. The van der Waals surface area contributed by atoms with E-state index >= 15 is 0 Å². The van der Waals surface area contributed by atoms with Crippen LogP contribution >= 0.6 is 11.3 Å². The van der Waals surface area contributed by atoms with Crippen molar-refractivity contribution in [3.8, 4) is 0 Å². The van der Waals surface area contributed by atoms with Gasteiger partial charge in [-0.1, -0.05) is 17.4 Å². The number of pyridine rings is 1. The highest BCUT2D eigenvalue weighted by molar-refractivity contribution is 7.17. The third kappa shape index (κ3) is 4.44. The van der Waals surface area contributed by atoms with E-state index in [0.29, 0.717) is 28.8 Å². The van der Waals surface area contributed by atoms with E-state index in [-0.39, 0.29) is 17.9 Å². The molecule has 0 unspecified atom stereocenters. The molecule has 0 aromatic carbocycles. The zero-order valence-corrected chi connectivity index (χ0v) is 15.7. The Balaban J connectivity index is 1.69. The Morgan fingerprint density at radius 2 is 2.27 bits per heavy atom. The first-order valence-electron chi connectivity index (χ1n) is 8.60. The topological polar surface area (TPSA) is 84.4 Å². The highest BCUT2D eigenvalue weighted by Gasteiger charge is 2.26. The molecule has 3 rings (SSSR count). The minimum atomic E-state index is -0.211. The molecule has 1 aliphatic heterocycles. The maximum atomic E-state index is 12.5. The maximum Gasteiger partial charge on any atom is 0.263 e. The van der Waals surface area contributed by atoms with Crippen molar-refractivity contribution in [2.75, 3.05) is 18.1 Å². The van der Waals surface area contributed by atoms with Crippen molar-refractivity contribution < 1.29 is 14.3 Å². The van der Waals surface area contributed by atoms with Gasteiger partial charge in [-0.05, 0) is 31.9 Å². The Hall–Kier alpha value is -2.32. The predicted octanol–water partition coefficient (Wildman–Crippen LogP) is 2.31. The van der Waals surface area contributed by atoms with Crippen LogP contribution < -0.4 is 10.2 Å². The number of rotatable bonds is 6. The van der Waals surface area contributed by atoms with Crippen molar-refractivity contribution in [3.63, 3.8) is 0 Å². The fraction of sp³-hybridized carbons (Fsp3) is 0.444. The molecule has 0 spiro atoms. The van der Waals surface area contributed by atoms with Gasteiger partial charge < -0.3 is 10.1 Å². The number of nitrogens with zero attached hydrogens (tertiary/aromatic N) is 3. The van der Waals surface area contributed by atoms with Crippen LogP contribution in [0.5, 0.6) is 0 Å². The number of aryl methyl sites for hydroxylation is 1. The van der Waals surface area contributed by atoms with Gasteiger partial charge in [0.15, 0.2) is 5.13 Å². The molecule has 1 N–H and O–H groups in total. The number of carbonyl (C=O) groups excluding carboxylic acids is 2. The zero-order chi connectivity index (χ0) is 18.5. The van der Waals surface area contributed by atoms with Crippen molar-refractivity contribution in [3.05, 3.63) is 40.7 Å². The van der Waals surface area contributed by atoms with Gasteiger partial charge in [-0.2, -0.15) is 0 Å². The molecule has 8 heteroatoms. The molecule has 2 amide bonds. The molecule has 2 aromatic heterocycles. The van der Waals surface area contributed by atoms with E-state index in [0.717, 1.165) is 25.1 Å². The number of hydrogen-bond acceptors (Lipinski definition) is 6. The Kier molecular flexibility index (Phi) is 5.95. The summed E-state index contributed by atoms with van der Waals surface area (Å²) in [5.41, 5.74) is 1.40. The van der Waals surface area contributed by atoms with Gasteiger partial charge in [0.25, 0.3) is 5.91 Å². The number of amides is 2. The molecular formula is C18H22N4O3S. The summed E-state index contributed by atoms with van der Waals surface area (Å²) in [6, 6.07) is 5.56. The first-order valence-corrected chi connectivity index (χ1v) is 9.41. The first-order chi connectivity index (χ1) is 12.5. The molecule has 1 aliphatic rings. The van der Waals surface area contributed by atoms with Crippen molar-refractivity contribution >= 4 is 28.3 Å². The zero-order valence-electron chi connectivity index (χ0n) is 14.9. The minimum absolute atomic E-state index is 0.0320. The predicted molar refractivity (Wildman–Crippen MR) is 99.3 cm³/mol. The normalized spacial score (nSPS) is 16.5. The number of ether oxygens (including phenoxy) is 1. The lowest BCUT2D eigenvalue weighted by molar-refractivity contribution is -0.116. The van der Waals surface area contributed by atoms with Crippen LogP contribution in [0.2, 0.25) is 0 Å². The summed E-state index contributed by atoms with van der Waals surface area (Å²) in [6.07, 6.45) is 3.66. The van der Waals surface area contributed by atoms with E-state index in [1.807, 2.05) is 18.2 Å². The standard InChI is InChI=1S/C18H22N4O3S/c1-12-16(17(24)20-10-14-6-3-4-8-19-14)26-18(21-12)22(13(2)23)11-15-7-5-9-25-15/h3-4,6,8,15H,5,7,9-11H2,1-2H3,(H,20,24)/t15-/m0/s1. The maximum absolute atomic E-state index is 12.5. The summed E-state index contributed by atoms with van der Waals surface area (Å²) in [4.78, 5) is 35.3. The van der Waals surface area contributed by atoms with Gasteiger partial charge in [0, 0.05) is 19.7 Å². The fourth-order valence-corrected chi connectivity index (χ4v) is 3.83. The average molecular weight is 374 g/mol. The number of hydrogen-bond donors (Lipinski definition) is 1. The lowest BCUT2D eigenvalue weighted by Gasteiger charge is -2.21. The molecule has 138 valence electrons. The smallest absolute Gasteiger partial charge is 0.263 e. The number of carbonyl (C=O) groups is 2. The lowest BCUT2D eigenvalue weighted by Crippen LogP contribution is -2.35. The van der Waals surface area contributed by atoms with Crippen LogP contribution in [0.25, 0.3) is 0 Å². The summed E-state index contributed by atoms with van der Waals surface area (Å²) < 4.78 is 5.62. The van der Waals surface area contributed by atoms with Crippen LogP contribution in [-0.2, 0) is 16.1 Å². The van der Waals surface area contributed by atoms with E-state index in [9.17, 15) is 9.59 Å². The summed E-state index contributed by atoms with van der Waals surface area (Å²) in [6.45, 7) is 4.83. The van der Waals surface area contributed by atoms with Gasteiger partial charge in [0.1, 0.15) is 4.88 Å². The number of aromatic nitrogens is 2. The van der Waals surface area contributed by atoms with E-state index in [4.69, 9.17) is 4.74 Å². The quantitative estimate of drug-likeness (QED) is 0.839. The van der Waals surface area contributed by atoms with Crippen molar-refractivity contribution in [1.29, 1.82) is 0 Å². The van der Waals surface area contributed by atoms with Gasteiger partial charge >= 0.3 is 0 Å². The van der Waals surface area contributed by atoms with Gasteiger partial charge in [0.2, 0.25) is 5.91 Å². The second kappa shape index (κ2) is 8.37. The van der Waals surface area contributed by atoms with Gasteiger partial charge in [0.05, 0.1) is 30.6 Å². The average Bonchev–Trinajstić information content (AvgIpc) is 3.27. The Morgan fingerprint density at radius 1 is 1.42 bits per heavy atom. The molecule has 2 aromatic rings. The largest absolute Gasteiger partial charge is 0.376 e. The molecular weight excluding hydrogens is 352 g/mol. The van der Waals surface area contributed by atoms with Gasteiger partial charge in [-0.15, -0.1) is 0 Å². The van der Waals surface area contributed by atoms with Gasteiger partial charge in [-0.25, -0.2) is 4.98 Å². The van der Waals surface area contributed by atoms with Crippen molar-refractivity contribution in [2.24, 2.45) is 0 Å². The second-order valence-corrected chi connectivity index (χ2v) is 7.16. The molecule has 1 fully saturated rings. The summed E-state index contributed by atoms with van der Waals surface area (Å²) in [5, 5.41) is 3.39. The fourth-order valence-electron chi connectivity index (χ4n) is 2.80. The number of nitrogens with one attached hydrogen (secondary N) is 1. The van der Waals surface area contributed by atoms with Crippen molar-refractivity contribution in [2.45, 2.75) is 39.3 Å².